The van der Waals surface area contributed by atoms with Crippen molar-refractivity contribution in [2.24, 2.45) is 5.41 Å². The summed E-state index contributed by atoms with van der Waals surface area (Å²) in [6, 6.07) is 0. The molecule has 0 spiro atoms. The number of nitrogens with zero attached hydrogens (tertiary/aromatic N) is 3. The number of carbonyl (C=O) groups is 1. The Kier molecular flexibility index (Phi) is 3.54. The van der Waals surface area contributed by atoms with Crippen LogP contribution in [0.2, 0.25) is 0 Å². The summed E-state index contributed by atoms with van der Waals surface area (Å²) in [5, 5.41) is 11.6. The predicted octanol–water partition coefficient (Wildman–Crippen LogP) is 1.93. The minimum atomic E-state index is -0.849. The molecule has 1 N–H and O–H groups in total. The minimum absolute atomic E-state index is 0.219. The summed E-state index contributed by atoms with van der Waals surface area (Å²) in [6.45, 7) is 3.32. The molecule has 7 heteroatoms. The van der Waals surface area contributed by atoms with Crippen LogP contribution in [0.15, 0.2) is 11.7 Å². The van der Waals surface area contributed by atoms with Crippen molar-refractivity contribution in [3.63, 3.8) is 0 Å². The molecule has 21 heavy (non-hydrogen) atoms. The van der Waals surface area contributed by atoms with E-state index >= 15 is 0 Å². The summed E-state index contributed by atoms with van der Waals surface area (Å²) < 4.78 is 6.15. The van der Waals surface area contributed by atoms with Gasteiger partial charge in [0.2, 0.25) is 0 Å². The first-order valence-corrected chi connectivity index (χ1v) is 7.61. The number of thiophene rings is 1. The van der Waals surface area contributed by atoms with Crippen LogP contribution in [0.4, 0.5) is 5.82 Å². The van der Waals surface area contributed by atoms with Crippen LogP contribution in [0.1, 0.15) is 12.0 Å². The fourth-order valence-corrected chi connectivity index (χ4v) is 3.88. The molecule has 1 atom stereocenters. The molecule has 2 aromatic rings. The Morgan fingerprint density at radius 1 is 1.57 bits per heavy atom. The maximum atomic E-state index is 11.6. The predicted molar refractivity (Wildman–Crippen MR) is 80.9 cm³/mol. The average Bonchev–Trinajstić information content (AvgIpc) is 3.05. The maximum Gasteiger partial charge on any atom is 0.313 e. The summed E-state index contributed by atoms with van der Waals surface area (Å²) in [4.78, 5) is 22.3. The lowest BCUT2D eigenvalue weighted by Gasteiger charge is -2.24. The SMILES string of the molecule is COCC1(C(=O)O)CCN(c2ncnc3c(C)csc23)C1. The monoisotopic (exact) mass is 307 g/mol. The van der Waals surface area contributed by atoms with Crippen LogP contribution in [0.5, 0.6) is 0 Å². The van der Waals surface area contributed by atoms with Crippen molar-refractivity contribution in [3.05, 3.63) is 17.3 Å². The van der Waals surface area contributed by atoms with Gasteiger partial charge >= 0.3 is 5.97 Å². The average molecular weight is 307 g/mol. The molecule has 2 aromatic heterocycles. The molecule has 112 valence electrons. The molecule has 1 aliphatic heterocycles. The highest BCUT2D eigenvalue weighted by atomic mass is 32.1. The van der Waals surface area contributed by atoms with E-state index in [9.17, 15) is 9.90 Å². The maximum absolute atomic E-state index is 11.6. The molecule has 1 aliphatic rings. The molecule has 6 nitrogen and oxygen atoms in total. The minimum Gasteiger partial charge on any atom is -0.481 e. The molecule has 3 rings (SSSR count). The van der Waals surface area contributed by atoms with Crippen molar-refractivity contribution in [3.8, 4) is 0 Å². The van der Waals surface area contributed by atoms with Gasteiger partial charge in [-0.1, -0.05) is 0 Å². The van der Waals surface area contributed by atoms with E-state index < -0.39 is 11.4 Å². The lowest BCUT2D eigenvalue weighted by molar-refractivity contribution is -0.150. The van der Waals surface area contributed by atoms with Crippen LogP contribution in [0.3, 0.4) is 0 Å². The summed E-state index contributed by atoms with van der Waals surface area (Å²) in [6.07, 6.45) is 2.11. The summed E-state index contributed by atoms with van der Waals surface area (Å²) in [5.74, 6) is 0.0249. The van der Waals surface area contributed by atoms with Gasteiger partial charge in [-0.2, -0.15) is 0 Å². The van der Waals surface area contributed by atoms with Gasteiger partial charge in [0.1, 0.15) is 17.6 Å². The van der Waals surface area contributed by atoms with E-state index in [1.165, 1.54) is 0 Å². The molecular formula is C14H17N3O3S. The van der Waals surface area contributed by atoms with Crippen LogP contribution < -0.4 is 4.90 Å². The Hall–Kier alpha value is -1.73. The van der Waals surface area contributed by atoms with Crippen molar-refractivity contribution in [2.45, 2.75) is 13.3 Å². The number of fused-ring (bicyclic) bond motifs is 1. The van der Waals surface area contributed by atoms with Crippen molar-refractivity contribution < 1.29 is 14.6 Å². The third kappa shape index (κ3) is 2.26. The van der Waals surface area contributed by atoms with Gasteiger partial charge in [-0.3, -0.25) is 4.79 Å². The lowest BCUT2D eigenvalue weighted by Crippen LogP contribution is -2.38. The van der Waals surface area contributed by atoms with E-state index in [1.54, 1.807) is 24.8 Å². The van der Waals surface area contributed by atoms with Crippen molar-refractivity contribution in [2.75, 3.05) is 31.7 Å². The van der Waals surface area contributed by atoms with E-state index in [4.69, 9.17) is 4.74 Å². The standard InChI is InChI=1S/C14H17N3O3S/c1-9-5-21-11-10(9)15-8-16-12(11)17-4-3-14(6-17,7-20-2)13(18)19/h5,8H,3-4,6-7H2,1-2H3,(H,18,19). The molecule has 0 aliphatic carbocycles. The normalized spacial score (nSPS) is 22.1. The van der Waals surface area contributed by atoms with Gasteiger partial charge in [-0.05, 0) is 24.3 Å². The Bertz CT molecular complexity index is 687. The van der Waals surface area contributed by atoms with Crippen LogP contribution in [-0.4, -0.2) is 47.8 Å². The largest absolute Gasteiger partial charge is 0.481 e. The zero-order valence-corrected chi connectivity index (χ0v) is 12.8. The summed E-state index contributed by atoms with van der Waals surface area (Å²) in [5.41, 5.74) is 1.22. The van der Waals surface area contributed by atoms with Crippen molar-refractivity contribution >= 4 is 33.3 Å². The number of hydrogen-bond acceptors (Lipinski definition) is 6. The molecular weight excluding hydrogens is 290 g/mol. The number of carboxylic acids is 1. The van der Waals surface area contributed by atoms with Crippen LogP contribution in [0, 0.1) is 12.3 Å². The second-order valence-corrected chi connectivity index (χ2v) is 6.36. The van der Waals surface area contributed by atoms with Gasteiger partial charge in [-0.15, -0.1) is 11.3 Å². The number of aryl methyl sites for hydroxylation is 1. The quantitative estimate of drug-likeness (QED) is 0.930. The summed E-state index contributed by atoms with van der Waals surface area (Å²) in [7, 11) is 1.54. The number of aliphatic carboxylic acids is 1. The van der Waals surface area contributed by atoms with Crippen molar-refractivity contribution in [1.82, 2.24) is 9.97 Å². The fourth-order valence-electron chi connectivity index (χ4n) is 2.87. The summed E-state index contributed by atoms with van der Waals surface area (Å²) >= 11 is 1.60. The second-order valence-electron chi connectivity index (χ2n) is 5.48. The van der Waals surface area contributed by atoms with Crippen LogP contribution >= 0.6 is 11.3 Å². The molecule has 1 unspecified atom stereocenters. The zero-order valence-electron chi connectivity index (χ0n) is 12.0. The zero-order chi connectivity index (χ0) is 15.0. The van der Waals surface area contributed by atoms with Crippen molar-refractivity contribution in [1.29, 1.82) is 0 Å². The molecule has 0 amide bonds. The number of rotatable bonds is 4. The number of methoxy groups -OCH3 is 1. The van der Waals surface area contributed by atoms with E-state index in [-0.39, 0.29) is 6.61 Å². The van der Waals surface area contributed by atoms with E-state index in [1.807, 2.05) is 11.8 Å². The topological polar surface area (TPSA) is 75.6 Å². The Morgan fingerprint density at radius 3 is 3.10 bits per heavy atom. The Labute approximate surface area is 126 Å². The number of ether oxygens (including phenoxy) is 1. The van der Waals surface area contributed by atoms with Gasteiger partial charge < -0.3 is 14.7 Å². The Balaban J connectivity index is 1.96. The number of hydrogen-bond donors (Lipinski definition) is 1. The van der Waals surface area contributed by atoms with E-state index in [2.05, 4.69) is 15.3 Å². The molecule has 3 heterocycles. The molecule has 0 aromatic carbocycles. The fraction of sp³-hybridized carbons (Fsp3) is 0.500. The first-order chi connectivity index (χ1) is 10.1. The highest BCUT2D eigenvalue weighted by molar-refractivity contribution is 7.18. The molecule has 1 saturated heterocycles. The third-order valence-electron chi connectivity index (χ3n) is 4.04. The smallest absolute Gasteiger partial charge is 0.313 e. The number of anilines is 1. The number of carboxylic acid groups (broad SMARTS) is 1. The third-order valence-corrected chi connectivity index (χ3v) is 5.12. The molecule has 0 radical (unpaired) electrons. The van der Waals surface area contributed by atoms with Gasteiger partial charge in [0.15, 0.2) is 0 Å². The Morgan fingerprint density at radius 2 is 2.38 bits per heavy atom. The van der Waals surface area contributed by atoms with Crippen LogP contribution in [-0.2, 0) is 9.53 Å². The lowest BCUT2D eigenvalue weighted by atomic mass is 9.88. The van der Waals surface area contributed by atoms with Gasteiger partial charge in [0, 0.05) is 20.2 Å². The van der Waals surface area contributed by atoms with E-state index in [0.717, 1.165) is 21.6 Å². The highest BCUT2D eigenvalue weighted by Crippen LogP contribution is 2.38. The van der Waals surface area contributed by atoms with Gasteiger partial charge in [0.05, 0.1) is 16.8 Å². The van der Waals surface area contributed by atoms with Crippen LogP contribution in [0.25, 0.3) is 10.2 Å². The first kappa shape index (κ1) is 14.2. The van der Waals surface area contributed by atoms with Gasteiger partial charge in [-0.25, -0.2) is 9.97 Å². The van der Waals surface area contributed by atoms with Gasteiger partial charge in [0.25, 0.3) is 0 Å². The molecule has 1 fully saturated rings. The molecule has 0 saturated carbocycles. The molecule has 0 bridgehead atoms. The highest BCUT2D eigenvalue weighted by Gasteiger charge is 2.45. The van der Waals surface area contributed by atoms with E-state index in [0.29, 0.717) is 19.5 Å². The second kappa shape index (κ2) is 5.23. The first-order valence-electron chi connectivity index (χ1n) is 6.73. The number of aromatic nitrogens is 2.